The van der Waals surface area contributed by atoms with E-state index in [-0.39, 0.29) is 0 Å². The number of ether oxygens (including phenoxy) is 1. The van der Waals surface area contributed by atoms with Crippen molar-refractivity contribution >= 4 is 10.0 Å². The number of rotatable bonds is 3. The Morgan fingerprint density at radius 2 is 1.86 bits per heavy atom. The van der Waals surface area contributed by atoms with Crippen molar-refractivity contribution < 1.29 is 13.2 Å². The molecule has 0 spiro atoms. The second-order valence-electron chi connectivity index (χ2n) is 3.92. The highest BCUT2D eigenvalue weighted by atomic mass is 32.2. The summed E-state index contributed by atoms with van der Waals surface area (Å²) in [6.45, 7) is 4.71. The summed E-state index contributed by atoms with van der Waals surface area (Å²) in [6, 6.07) is 0. The van der Waals surface area contributed by atoms with E-state index in [1.54, 1.807) is 0 Å². The minimum absolute atomic E-state index is 0.403. The van der Waals surface area contributed by atoms with Crippen molar-refractivity contribution in [3.05, 3.63) is 0 Å². The fourth-order valence-electron chi connectivity index (χ4n) is 1.71. The fraction of sp³-hybridized carbons (Fsp3) is 1.00. The number of nitrogens with zero attached hydrogens (tertiary/aromatic N) is 2. The number of sulfonamides is 1. The molecule has 14 heavy (non-hydrogen) atoms. The Bertz CT molecular complexity index is 292. The molecule has 1 atom stereocenters. The first-order valence-electron chi connectivity index (χ1n) is 4.85. The van der Waals surface area contributed by atoms with Gasteiger partial charge in [0.1, 0.15) is 0 Å². The third kappa shape index (κ3) is 2.66. The van der Waals surface area contributed by atoms with Gasteiger partial charge in [0.15, 0.2) is 0 Å². The zero-order valence-electron chi connectivity index (χ0n) is 8.35. The summed E-state index contributed by atoms with van der Waals surface area (Å²) < 4.78 is 29.1. The van der Waals surface area contributed by atoms with Crippen LogP contribution in [-0.4, -0.2) is 69.3 Å². The molecule has 6 heteroatoms. The van der Waals surface area contributed by atoms with E-state index in [2.05, 4.69) is 4.90 Å². The molecule has 2 fully saturated rings. The van der Waals surface area contributed by atoms with E-state index in [0.717, 1.165) is 26.2 Å². The van der Waals surface area contributed by atoms with Crippen LogP contribution in [0.15, 0.2) is 0 Å². The zero-order valence-corrected chi connectivity index (χ0v) is 9.16. The average molecular weight is 220 g/mol. The van der Waals surface area contributed by atoms with Crippen LogP contribution in [-0.2, 0) is 14.8 Å². The van der Waals surface area contributed by atoms with Crippen molar-refractivity contribution in [3.8, 4) is 0 Å². The van der Waals surface area contributed by atoms with Gasteiger partial charge in [-0.05, 0) is 0 Å². The summed E-state index contributed by atoms with van der Waals surface area (Å²) in [5.41, 5.74) is 0. The maximum Gasteiger partial charge on any atom is 0.211 e. The lowest BCUT2D eigenvalue weighted by Crippen LogP contribution is -2.49. The largest absolute Gasteiger partial charge is 0.372 e. The van der Waals surface area contributed by atoms with E-state index in [1.807, 2.05) is 0 Å². The predicted molar refractivity (Wildman–Crippen MR) is 52.6 cm³/mol. The third-order valence-electron chi connectivity index (χ3n) is 2.66. The van der Waals surface area contributed by atoms with Crippen molar-refractivity contribution in [2.75, 3.05) is 45.6 Å². The van der Waals surface area contributed by atoms with Gasteiger partial charge in [0.2, 0.25) is 10.0 Å². The van der Waals surface area contributed by atoms with Crippen molar-refractivity contribution in [1.82, 2.24) is 9.21 Å². The number of hydrogen-bond donors (Lipinski definition) is 0. The number of epoxide rings is 1. The smallest absolute Gasteiger partial charge is 0.211 e. The molecule has 0 aromatic carbocycles. The summed E-state index contributed by atoms with van der Waals surface area (Å²) in [6.07, 6.45) is 1.67. The summed E-state index contributed by atoms with van der Waals surface area (Å²) in [5, 5.41) is 0. The standard InChI is InChI=1S/C8H16N2O3S/c1-14(11,12)10-4-2-9(3-5-10)6-8-7-13-8/h8H,2-7H2,1H3/t8-/m0/s1. The highest BCUT2D eigenvalue weighted by Gasteiger charge is 2.29. The van der Waals surface area contributed by atoms with Crippen LogP contribution >= 0.6 is 0 Å². The van der Waals surface area contributed by atoms with Gasteiger partial charge in [0, 0.05) is 32.7 Å². The quantitative estimate of drug-likeness (QED) is 0.570. The van der Waals surface area contributed by atoms with Crippen LogP contribution in [0.4, 0.5) is 0 Å². The zero-order chi connectivity index (χ0) is 10.2. The van der Waals surface area contributed by atoms with Crippen molar-refractivity contribution in [3.63, 3.8) is 0 Å². The Labute approximate surface area is 84.7 Å². The monoisotopic (exact) mass is 220 g/mol. The van der Waals surface area contributed by atoms with Gasteiger partial charge in [0.25, 0.3) is 0 Å². The van der Waals surface area contributed by atoms with Crippen LogP contribution in [0.3, 0.4) is 0 Å². The first-order valence-corrected chi connectivity index (χ1v) is 6.69. The Hall–Kier alpha value is -0.170. The molecule has 0 bridgehead atoms. The molecule has 5 nitrogen and oxygen atoms in total. The van der Waals surface area contributed by atoms with Crippen molar-refractivity contribution in [2.24, 2.45) is 0 Å². The lowest BCUT2D eigenvalue weighted by molar-refractivity contribution is 0.175. The lowest BCUT2D eigenvalue weighted by atomic mass is 10.3. The second kappa shape index (κ2) is 3.77. The van der Waals surface area contributed by atoms with Crippen LogP contribution in [0.25, 0.3) is 0 Å². The Balaban J connectivity index is 1.79. The van der Waals surface area contributed by atoms with Gasteiger partial charge in [-0.15, -0.1) is 0 Å². The van der Waals surface area contributed by atoms with Crippen LogP contribution in [0.2, 0.25) is 0 Å². The van der Waals surface area contributed by atoms with Gasteiger partial charge < -0.3 is 4.74 Å². The molecular weight excluding hydrogens is 204 g/mol. The van der Waals surface area contributed by atoms with E-state index in [9.17, 15) is 8.42 Å². The SMILES string of the molecule is CS(=O)(=O)N1CCN(C[C@H]2CO2)CC1. The van der Waals surface area contributed by atoms with Crippen LogP contribution < -0.4 is 0 Å². The summed E-state index contributed by atoms with van der Waals surface area (Å²) in [4.78, 5) is 2.26. The van der Waals surface area contributed by atoms with E-state index >= 15 is 0 Å². The molecule has 2 heterocycles. The Kier molecular flexibility index (Phi) is 2.79. The molecule has 2 aliphatic rings. The average Bonchev–Trinajstić information content (AvgIpc) is 2.88. The second-order valence-corrected chi connectivity index (χ2v) is 5.90. The molecule has 2 saturated heterocycles. The van der Waals surface area contributed by atoms with Crippen molar-refractivity contribution in [1.29, 1.82) is 0 Å². The van der Waals surface area contributed by atoms with Gasteiger partial charge >= 0.3 is 0 Å². The van der Waals surface area contributed by atoms with E-state index in [1.165, 1.54) is 10.6 Å². The minimum Gasteiger partial charge on any atom is -0.372 e. The Morgan fingerprint density at radius 1 is 1.29 bits per heavy atom. The molecule has 0 N–H and O–H groups in total. The first kappa shape index (κ1) is 10.4. The summed E-state index contributed by atoms with van der Waals surface area (Å²) >= 11 is 0. The molecule has 2 aliphatic heterocycles. The van der Waals surface area contributed by atoms with E-state index in [4.69, 9.17) is 4.74 Å². The van der Waals surface area contributed by atoms with Gasteiger partial charge in [0.05, 0.1) is 19.0 Å². The molecule has 0 saturated carbocycles. The third-order valence-corrected chi connectivity index (χ3v) is 3.97. The van der Waals surface area contributed by atoms with Gasteiger partial charge in [-0.3, -0.25) is 4.90 Å². The summed E-state index contributed by atoms with van der Waals surface area (Å²) in [7, 11) is -2.99. The van der Waals surface area contributed by atoms with Crippen LogP contribution in [0, 0.1) is 0 Å². The summed E-state index contributed by atoms with van der Waals surface area (Å²) in [5.74, 6) is 0. The molecule has 2 rings (SSSR count). The van der Waals surface area contributed by atoms with Gasteiger partial charge in [-0.2, -0.15) is 4.31 Å². The van der Waals surface area contributed by atoms with Crippen LogP contribution in [0.1, 0.15) is 0 Å². The van der Waals surface area contributed by atoms with E-state index in [0.29, 0.717) is 19.2 Å². The fourth-order valence-corrected chi connectivity index (χ4v) is 2.53. The predicted octanol–water partition coefficient (Wildman–Crippen LogP) is -1.04. The molecule has 0 amide bonds. The maximum atomic E-state index is 11.2. The van der Waals surface area contributed by atoms with Crippen molar-refractivity contribution in [2.45, 2.75) is 6.10 Å². The first-order chi connectivity index (χ1) is 6.55. The normalized spacial score (nSPS) is 30.5. The van der Waals surface area contributed by atoms with Gasteiger partial charge in [-0.25, -0.2) is 8.42 Å². The molecule has 82 valence electrons. The topological polar surface area (TPSA) is 53.2 Å². The molecule has 0 aliphatic carbocycles. The Morgan fingerprint density at radius 3 is 2.29 bits per heavy atom. The van der Waals surface area contributed by atoms with Gasteiger partial charge in [-0.1, -0.05) is 0 Å². The van der Waals surface area contributed by atoms with E-state index < -0.39 is 10.0 Å². The highest BCUT2D eigenvalue weighted by Crippen LogP contribution is 2.13. The molecular formula is C8H16N2O3S. The molecule has 0 aromatic rings. The lowest BCUT2D eigenvalue weighted by Gasteiger charge is -2.32. The minimum atomic E-state index is -2.99. The number of hydrogen-bond acceptors (Lipinski definition) is 4. The maximum absolute atomic E-state index is 11.2. The number of piperazine rings is 1. The molecule has 0 radical (unpaired) electrons. The van der Waals surface area contributed by atoms with Crippen LogP contribution in [0.5, 0.6) is 0 Å². The highest BCUT2D eigenvalue weighted by molar-refractivity contribution is 7.88. The molecule has 0 aromatic heterocycles. The molecule has 0 unspecified atom stereocenters.